The number of carbonyl (C=O) groups excluding carboxylic acids is 1. The van der Waals surface area contributed by atoms with E-state index in [0.29, 0.717) is 12.1 Å². The summed E-state index contributed by atoms with van der Waals surface area (Å²) >= 11 is 1.69. The summed E-state index contributed by atoms with van der Waals surface area (Å²) in [5, 5.41) is 6.03. The van der Waals surface area contributed by atoms with Gasteiger partial charge in [-0.05, 0) is 60.0 Å². The molecule has 3 aromatic rings. The molecule has 1 aromatic carbocycles. The number of H-pyrrole nitrogens is 1. The average Bonchev–Trinajstić information content (AvgIpc) is 2.91. The quantitative estimate of drug-likeness (QED) is 0.780. The van der Waals surface area contributed by atoms with Crippen molar-refractivity contribution in [1.29, 1.82) is 0 Å². The minimum absolute atomic E-state index is 0.183. The van der Waals surface area contributed by atoms with Crippen LogP contribution in [0.3, 0.4) is 0 Å². The van der Waals surface area contributed by atoms with E-state index in [1.807, 2.05) is 17.5 Å². The van der Waals surface area contributed by atoms with Crippen LogP contribution in [0.1, 0.15) is 27.2 Å². The Balaban J connectivity index is 1.78. The van der Waals surface area contributed by atoms with Gasteiger partial charge in [0.1, 0.15) is 5.56 Å². The van der Waals surface area contributed by atoms with Gasteiger partial charge in [-0.1, -0.05) is 6.07 Å². The number of nitrogens with one attached hydrogen (secondary N) is 2. The third-order valence-electron chi connectivity index (χ3n) is 3.56. The lowest BCUT2D eigenvalue weighted by Gasteiger charge is -2.08. The predicted octanol–water partition coefficient (Wildman–Crippen LogP) is 3.14. The number of rotatable bonds is 3. The van der Waals surface area contributed by atoms with E-state index in [4.69, 9.17) is 0 Å². The van der Waals surface area contributed by atoms with E-state index in [1.54, 1.807) is 31.3 Å². The summed E-state index contributed by atoms with van der Waals surface area (Å²) in [6.45, 7) is 3.97. The van der Waals surface area contributed by atoms with Crippen LogP contribution in [0, 0.1) is 13.8 Å². The van der Waals surface area contributed by atoms with Crippen LogP contribution in [-0.4, -0.2) is 10.9 Å². The van der Waals surface area contributed by atoms with Crippen molar-refractivity contribution in [2.75, 3.05) is 0 Å². The molecule has 2 heterocycles. The van der Waals surface area contributed by atoms with Crippen LogP contribution in [0.2, 0.25) is 0 Å². The first kappa shape index (κ1) is 14.5. The van der Waals surface area contributed by atoms with Crippen molar-refractivity contribution in [3.05, 3.63) is 68.4 Å². The zero-order valence-corrected chi connectivity index (χ0v) is 13.2. The first-order chi connectivity index (χ1) is 10.5. The zero-order valence-electron chi connectivity index (χ0n) is 12.4. The van der Waals surface area contributed by atoms with Crippen molar-refractivity contribution in [3.63, 3.8) is 0 Å². The van der Waals surface area contributed by atoms with Crippen LogP contribution in [0.25, 0.3) is 10.1 Å². The Morgan fingerprint density at radius 1 is 1.23 bits per heavy atom. The van der Waals surface area contributed by atoms with Crippen LogP contribution < -0.4 is 10.9 Å². The normalized spacial score (nSPS) is 10.8. The maximum atomic E-state index is 12.3. The Labute approximate surface area is 131 Å². The molecular weight excluding hydrogens is 296 g/mol. The molecular formula is C17H16N2O2S. The van der Waals surface area contributed by atoms with Crippen molar-refractivity contribution in [2.45, 2.75) is 20.4 Å². The zero-order chi connectivity index (χ0) is 15.7. The number of aryl methyl sites for hydroxylation is 2. The Hall–Kier alpha value is -2.40. The highest BCUT2D eigenvalue weighted by Gasteiger charge is 2.14. The average molecular weight is 312 g/mol. The first-order valence-corrected chi connectivity index (χ1v) is 7.87. The Bertz CT molecular complexity index is 908. The topological polar surface area (TPSA) is 62.0 Å². The molecule has 0 aliphatic carbocycles. The van der Waals surface area contributed by atoms with Gasteiger partial charge in [0.25, 0.3) is 11.5 Å². The van der Waals surface area contributed by atoms with Crippen LogP contribution in [0.15, 0.2) is 40.5 Å². The minimum Gasteiger partial charge on any atom is -0.348 e. The molecule has 112 valence electrons. The van der Waals surface area contributed by atoms with Gasteiger partial charge in [-0.3, -0.25) is 9.59 Å². The van der Waals surface area contributed by atoms with E-state index in [2.05, 4.69) is 22.4 Å². The molecule has 2 N–H and O–H groups in total. The van der Waals surface area contributed by atoms with Gasteiger partial charge in [0.15, 0.2) is 0 Å². The van der Waals surface area contributed by atoms with E-state index in [1.165, 1.54) is 10.1 Å². The molecule has 1 amide bonds. The van der Waals surface area contributed by atoms with Crippen molar-refractivity contribution in [3.8, 4) is 0 Å². The number of thiophene rings is 1. The molecule has 0 unspecified atom stereocenters. The van der Waals surface area contributed by atoms with Crippen LogP contribution in [-0.2, 0) is 6.54 Å². The number of pyridine rings is 1. The van der Waals surface area contributed by atoms with Crippen LogP contribution in [0.5, 0.6) is 0 Å². The van der Waals surface area contributed by atoms with Crippen molar-refractivity contribution < 1.29 is 4.79 Å². The highest BCUT2D eigenvalue weighted by molar-refractivity contribution is 7.17. The molecule has 0 radical (unpaired) electrons. The maximum absolute atomic E-state index is 12.3. The smallest absolute Gasteiger partial charge is 0.261 e. The van der Waals surface area contributed by atoms with E-state index in [9.17, 15) is 9.59 Å². The predicted molar refractivity (Wildman–Crippen MR) is 89.5 cm³/mol. The fraction of sp³-hybridized carbons (Fsp3) is 0.176. The standard InChI is InChI=1S/C17H16N2O2S/c1-10-7-11(2)19-17(21)15(10)16(20)18-9-12-3-4-14-13(8-12)5-6-22-14/h3-8H,9H2,1-2H3,(H,18,20)(H,19,21). The summed E-state index contributed by atoms with van der Waals surface area (Å²) < 4.78 is 1.22. The van der Waals surface area contributed by atoms with E-state index in [-0.39, 0.29) is 17.0 Å². The molecule has 4 nitrogen and oxygen atoms in total. The van der Waals surface area contributed by atoms with Gasteiger partial charge >= 0.3 is 0 Å². The summed E-state index contributed by atoms with van der Waals surface area (Å²) in [7, 11) is 0. The third-order valence-corrected chi connectivity index (χ3v) is 4.46. The monoisotopic (exact) mass is 312 g/mol. The SMILES string of the molecule is Cc1cc(C)c(C(=O)NCc2ccc3sccc3c2)c(=O)[nH]1. The molecule has 22 heavy (non-hydrogen) atoms. The van der Waals surface area contributed by atoms with Crippen molar-refractivity contribution in [2.24, 2.45) is 0 Å². The summed E-state index contributed by atoms with van der Waals surface area (Å²) in [5.74, 6) is -0.343. The van der Waals surface area contributed by atoms with Gasteiger partial charge in [0, 0.05) is 16.9 Å². The highest BCUT2D eigenvalue weighted by atomic mass is 32.1. The number of fused-ring (bicyclic) bond motifs is 1. The molecule has 0 spiro atoms. The second-order valence-electron chi connectivity index (χ2n) is 5.31. The van der Waals surface area contributed by atoms with Gasteiger partial charge in [-0.15, -0.1) is 11.3 Å². The highest BCUT2D eigenvalue weighted by Crippen LogP contribution is 2.21. The Morgan fingerprint density at radius 3 is 2.82 bits per heavy atom. The van der Waals surface area contributed by atoms with Gasteiger partial charge in [0.2, 0.25) is 0 Å². The minimum atomic E-state index is -0.344. The van der Waals surface area contributed by atoms with Gasteiger partial charge in [-0.25, -0.2) is 0 Å². The number of aromatic nitrogens is 1. The molecule has 0 aliphatic heterocycles. The summed E-state index contributed by atoms with van der Waals surface area (Å²) in [5.41, 5.74) is 2.29. The number of carbonyl (C=O) groups is 1. The van der Waals surface area contributed by atoms with Crippen LogP contribution in [0.4, 0.5) is 0 Å². The fourth-order valence-corrected chi connectivity index (χ4v) is 3.30. The number of benzene rings is 1. The molecule has 0 saturated carbocycles. The second kappa shape index (κ2) is 5.77. The van der Waals surface area contributed by atoms with Crippen molar-refractivity contribution in [1.82, 2.24) is 10.3 Å². The number of hydrogen-bond acceptors (Lipinski definition) is 3. The molecule has 0 atom stereocenters. The number of aromatic amines is 1. The van der Waals surface area contributed by atoms with E-state index in [0.717, 1.165) is 11.3 Å². The third kappa shape index (κ3) is 2.80. The van der Waals surface area contributed by atoms with Gasteiger partial charge in [0.05, 0.1) is 0 Å². The van der Waals surface area contributed by atoms with E-state index >= 15 is 0 Å². The number of amides is 1. The van der Waals surface area contributed by atoms with Gasteiger partial charge < -0.3 is 10.3 Å². The fourth-order valence-electron chi connectivity index (χ4n) is 2.53. The molecule has 5 heteroatoms. The lowest BCUT2D eigenvalue weighted by atomic mass is 10.1. The Kier molecular flexibility index (Phi) is 3.81. The molecule has 3 rings (SSSR count). The lowest BCUT2D eigenvalue weighted by Crippen LogP contribution is -2.30. The van der Waals surface area contributed by atoms with Crippen molar-refractivity contribution >= 4 is 27.3 Å². The molecule has 0 saturated heterocycles. The molecule has 0 aliphatic rings. The first-order valence-electron chi connectivity index (χ1n) is 6.99. The Morgan fingerprint density at radius 2 is 2.05 bits per heavy atom. The molecule has 2 aromatic heterocycles. The van der Waals surface area contributed by atoms with E-state index < -0.39 is 0 Å². The second-order valence-corrected chi connectivity index (χ2v) is 6.26. The summed E-state index contributed by atoms with van der Waals surface area (Å²) in [6.07, 6.45) is 0. The molecule has 0 bridgehead atoms. The van der Waals surface area contributed by atoms with Crippen LogP contribution >= 0.6 is 11.3 Å². The summed E-state index contributed by atoms with van der Waals surface area (Å²) in [6, 6.07) is 9.95. The summed E-state index contributed by atoms with van der Waals surface area (Å²) in [4.78, 5) is 26.9. The maximum Gasteiger partial charge on any atom is 0.261 e. The molecule has 0 fully saturated rings. The van der Waals surface area contributed by atoms with Gasteiger partial charge in [-0.2, -0.15) is 0 Å². The number of hydrogen-bond donors (Lipinski definition) is 2. The largest absolute Gasteiger partial charge is 0.348 e. The lowest BCUT2D eigenvalue weighted by molar-refractivity contribution is 0.0948.